The second kappa shape index (κ2) is 8.47. The Hall–Kier alpha value is -1.81. The van der Waals surface area contributed by atoms with Gasteiger partial charge in [0.05, 0.1) is 0 Å². The van der Waals surface area contributed by atoms with Crippen LogP contribution in [0.4, 0.5) is 4.79 Å². The number of nitrogens with one attached hydrogen (secondary N) is 1. The Balaban J connectivity index is 1.64. The van der Waals surface area contributed by atoms with Crippen molar-refractivity contribution in [1.29, 1.82) is 0 Å². The number of nitrogens with zero attached hydrogens (tertiary/aromatic N) is 1. The molecule has 114 valence electrons. The Morgan fingerprint density at radius 1 is 1.33 bits per heavy atom. The van der Waals surface area contributed by atoms with Gasteiger partial charge in [-0.05, 0) is 24.8 Å². The molecule has 1 saturated heterocycles. The third-order valence-corrected chi connectivity index (χ3v) is 3.77. The quantitative estimate of drug-likeness (QED) is 0.818. The van der Waals surface area contributed by atoms with Crippen molar-refractivity contribution in [2.45, 2.75) is 31.9 Å². The zero-order valence-corrected chi connectivity index (χ0v) is 12.5. The van der Waals surface area contributed by atoms with Gasteiger partial charge in [0, 0.05) is 25.7 Å². The molecule has 1 aliphatic rings. The standard InChI is InChI=1S/C17H24N2O2/c1-2-3-11-19-12-9-16(10-13-19)18-17(20)21-14-15-7-5-4-6-8-15/h2,4-8,16H,1,3,9-14H2,(H,18,20). The molecule has 21 heavy (non-hydrogen) atoms. The number of piperidine rings is 1. The first kappa shape index (κ1) is 15.6. The minimum absolute atomic E-state index is 0.230. The highest BCUT2D eigenvalue weighted by Gasteiger charge is 2.20. The van der Waals surface area contributed by atoms with Crippen LogP contribution >= 0.6 is 0 Å². The SMILES string of the molecule is C=CCCN1CCC(NC(=O)OCc2ccccc2)CC1. The molecule has 0 atom stereocenters. The molecule has 1 N–H and O–H groups in total. The van der Waals surface area contributed by atoms with E-state index < -0.39 is 0 Å². The van der Waals surface area contributed by atoms with Crippen molar-refractivity contribution in [3.63, 3.8) is 0 Å². The van der Waals surface area contributed by atoms with E-state index in [-0.39, 0.29) is 12.1 Å². The van der Waals surface area contributed by atoms with Crippen LogP contribution in [0.15, 0.2) is 43.0 Å². The van der Waals surface area contributed by atoms with Crippen molar-refractivity contribution >= 4 is 6.09 Å². The van der Waals surface area contributed by atoms with Crippen molar-refractivity contribution in [3.8, 4) is 0 Å². The van der Waals surface area contributed by atoms with Crippen LogP contribution in [0.25, 0.3) is 0 Å². The number of rotatable bonds is 6. The maximum absolute atomic E-state index is 11.8. The van der Waals surface area contributed by atoms with Crippen LogP contribution in [0, 0.1) is 0 Å². The summed E-state index contributed by atoms with van der Waals surface area (Å²) in [5.41, 5.74) is 1.01. The van der Waals surface area contributed by atoms with E-state index >= 15 is 0 Å². The number of hydrogen-bond donors (Lipinski definition) is 1. The van der Waals surface area contributed by atoms with E-state index in [0.29, 0.717) is 6.61 Å². The maximum Gasteiger partial charge on any atom is 0.407 e. The highest BCUT2D eigenvalue weighted by atomic mass is 16.5. The van der Waals surface area contributed by atoms with Crippen molar-refractivity contribution in [2.24, 2.45) is 0 Å². The number of amides is 1. The molecule has 0 unspecified atom stereocenters. The molecule has 1 amide bonds. The van der Waals surface area contributed by atoms with E-state index in [2.05, 4.69) is 16.8 Å². The summed E-state index contributed by atoms with van der Waals surface area (Å²) in [6.45, 7) is 7.18. The fourth-order valence-corrected chi connectivity index (χ4v) is 2.51. The summed E-state index contributed by atoms with van der Waals surface area (Å²) in [6.07, 6.45) is 4.63. The molecule has 0 saturated carbocycles. The molecule has 1 aromatic rings. The van der Waals surface area contributed by atoms with E-state index in [1.165, 1.54) is 0 Å². The lowest BCUT2D eigenvalue weighted by Crippen LogP contribution is -2.44. The molecule has 0 aromatic heterocycles. The predicted octanol–water partition coefficient (Wildman–Crippen LogP) is 2.95. The van der Waals surface area contributed by atoms with Gasteiger partial charge in [-0.1, -0.05) is 36.4 Å². The zero-order valence-electron chi connectivity index (χ0n) is 12.5. The Morgan fingerprint density at radius 3 is 2.71 bits per heavy atom. The summed E-state index contributed by atoms with van der Waals surface area (Å²) in [7, 11) is 0. The Morgan fingerprint density at radius 2 is 2.05 bits per heavy atom. The van der Waals surface area contributed by atoms with Crippen molar-refractivity contribution in [1.82, 2.24) is 10.2 Å². The van der Waals surface area contributed by atoms with Gasteiger partial charge >= 0.3 is 6.09 Å². The predicted molar refractivity (Wildman–Crippen MR) is 84.0 cm³/mol. The summed E-state index contributed by atoms with van der Waals surface area (Å²) in [6, 6.07) is 9.96. The van der Waals surface area contributed by atoms with E-state index in [4.69, 9.17) is 4.74 Å². The van der Waals surface area contributed by atoms with Gasteiger partial charge in [-0.15, -0.1) is 6.58 Å². The first-order valence-electron chi connectivity index (χ1n) is 7.58. The van der Waals surface area contributed by atoms with E-state index in [9.17, 15) is 4.79 Å². The summed E-state index contributed by atoms with van der Waals surface area (Å²) < 4.78 is 5.25. The number of alkyl carbamates (subject to hydrolysis) is 1. The summed E-state index contributed by atoms with van der Waals surface area (Å²) >= 11 is 0. The van der Waals surface area contributed by atoms with E-state index in [1.807, 2.05) is 36.4 Å². The Labute approximate surface area is 126 Å². The monoisotopic (exact) mass is 288 g/mol. The third kappa shape index (κ3) is 5.60. The fourth-order valence-electron chi connectivity index (χ4n) is 2.51. The van der Waals surface area contributed by atoms with Crippen LogP contribution in [0.2, 0.25) is 0 Å². The van der Waals surface area contributed by atoms with Gasteiger partial charge in [-0.3, -0.25) is 0 Å². The van der Waals surface area contributed by atoms with Crippen LogP contribution in [0.5, 0.6) is 0 Å². The Kier molecular flexibility index (Phi) is 6.28. The van der Waals surface area contributed by atoms with Gasteiger partial charge in [0.25, 0.3) is 0 Å². The minimum Gasteiger partial charge on any atom is -0.445 e. The molecular formula is C17H24N2O2. The topological polar surface area (TPSA) is 41.6 Å². The fraction of sp³-hybridized carbons (Fsp3) is 0.471. The molecule has 4 heteroatoms. The number of carbonyl (C=O) groups excluding carboxylic acids is 1. The molecule has 1 aliphatic heterocycles. The molecule has 4 nitrogen and oxygen atoms in total. The van der Waals surface area contributed by atoms with Crippen LogP contribution in [0.1, 0.15) is 24.8 Å². The summed E-state index contributed by atoms with van der Waals surface area (Å²) in [5, 5.41) is 2.96. The average Bonchev–Trinajstić information content (AvgIpc) is 2.53. The van der Waals surface area contributed by atoms with Gasteiger partial charge in [0.15, 0.2) is 0 Å². The molecule has 1 heterocycles. The van der Waals surface area contributed by atoms with Crippen LogP contribution in [0.3, 0.4) is 0 Å². The van der Waals surface area contributed by atoms with Gasteiger partial charge < -0.3 is 15.0 Å². The number of hydrogen-bond acceptors (Lipinski definition) is 3. The molecule has 1 fully saturated rings. The molecule has 2 rings (SSSR count). The number of ether oxygens (including phenoxy) is 1. The van der Waals surface area contributed by atoms with Crippen LogP contribution in [-0.2, 0) is 11.3 Å². The smallest absolute Gasteiger partial charge is 0.407 e. The van der Waals surface area contributed by atoms with Crippen molar-refractivity contribution in [3.05, 3.63) is 48.6 Å². The highest BCUT2D eigenvalue weighted by molar-refractivity contribution is 5.67. The third-order valence-electron chi connectivity index (χ3n) is 3.77. The molecule has 0 radical (unpaired) electrons. The normalized spacial score (nSPS) is 16.4. The molecular weight excluding hydrogens is 264 g/mol. The van der Waals surface area contributed by atoms with Gasteiger partial charge in [-0.25, -0.2) is 4.79 Å². The first-order chi connectivity index (χ1) is 10.3. The van der Waals surface area contributed by atoms with Gasteiger partial charge in [-0.2, -0.15) is 0 Å². The van der Waals surface area contributed by atoms with E-state index in [0.717, 1.165) is 44.5 Å². The second-order valence-corrected chi connectivity index (χ2v) is 5.40. The largest absolute Gasteiger partial charge is 0.445 e. The summed E-state index contributed by atoms with van der Waals surface area (Å²) in [5.74, 6) is 0. The molecule has 0 spiro atoms. The van der Waals surface area contributed by atoms with Crippen molar-refractivity contribution < 1.29 is 9.53 Å². The van der Waals surface area contributed by atoms with Crippen LogP contribution in [-0.4, -0.2) is 36.7 Å². The summed E-state index contributed by atoms with van der Waals surface area (Å²) in [4.78, 5) is 14.2. The van der Waals surface area contributed by atoms with Gasteiger partial charge in [0.2, 0.25) is 0 Å². The molecule has 0 bridgehead atoms. The number of carbonyl (C=O) groups is 1. The molecule has 0 aliphatic carbocycles. The lowest BCUT2D eigenvalue weighted by molar-refractivity contribution is 0.127. The lowest BCUT2D eigenvalue weighted by atomic mass is 10.1. The molecule has 1 aromatic carbocycles. The second-order valence-electron chi connectivity index (χ2n) is 5.40. The lowest BCUT2D eigenvalue weighted by Gasteiger charge is -2.31. The maximum atomic E-state index is 11.8. The highest BCUT2D eigenvalue weighted by Crippen LogP contribution is 2.11. The number of likely N-dealkylation sites (tertiary alicyclic amines) is 1. The minimum atomic E-state index is -0.316. The first-order valence-corrected chi connectivity index (χ1v) is 7.58. The average molecular weight is 288 g/mol. The zero-order chi connectivity index (χ0) is 14.9. The van der Waals surface area contributed by atoms with Crippen LogP contribution < -0.4 is 5.32 Å². The van der Waals surface area contributed by atoms with Crippen molar-refractivity contribution in [2.75, 3.05) is 19.6 Å². The number of benzene rings is 1. The van der Waals surface area contributed by atoms with Gasteiger partial charge in [0.1, 0.15) is 6.61 Å². The van der Waals surface area contributed by atoms with E-state index in [1.54, 1.807) is 0 Å². The Bertz CT molecular complexity index is 439.